The topological polar surface area (TPSA) is 35.2 Å². The standard InChI is InChI=1S/C16H17ClFNO/c1-16(19,12-6-3-4-9-15(12)20-2)10-11-13(17)7-5-8-14(11)18/h3-9H,10,19H2,1-2H3. The predicted octanol–water partition coefficient (Wildman–Crippen LogP) is 3.90. The summed E-state index contributed by atoms with van der Waals surface area (Å²) >= 11 is 6.07. The molecule has 0 aliphatic rings. The van der Waals surface area contributed by atoms with Crippen LogP contribution in [0.3, 0.4) is 0 Å². The van der Waals surface area contributed by atoms with Crippen LogP contribution in [-0.2, 0) is 12.0 Å². The smallest absolute Gasteiger partial charge is 0.127 e. The lowest BCUT2D eigenvalue weighted by atomic mass is 9.86. The van der Waals surface area contributed by atoms with Gasteiger partial charge in [0.25, 0.3) is 0 Å². The Morgan fingerprint density at radius 1 is 1.20 bits per heavy atom. The molecule has 0 aliphatic heterocycles. The Kier molecular flexibility index (Phi) is 4.31. The lowest BCUT2D eigenvalue weighted by molar-refractivity contribution is 0.384. The Bertz CT molecular complexity index is 593. The van der Waals surface area contributed by atoms with Gasteiger partial charge < -0.3 is 10.5 Å². The number of para-hydroxylation sites is 1. The lowest BCUT2D eigenvalue weighted by Crippen LogP contribution is -2.36. The van der Waals surface area contributed by atoms with Gasteiger partial charge in [0.15, 0.2) is 0 Å². The monoisotopic (exact) mass is 293 g/mol. The number of rotatable bonds is 4. The highest BCUT2D eigenvalue weighted by atomic mass is 35.5. The van der Waals surface area contributed by atoms with Crippen molar-refractivity contribution >= 4 is 11.6 Å². The fraction of sp³-hybridized carbons (Fsp3) is 0.250. The molecule has 1 atom stereocenters. The first kappa shape index (κ1) is 14.8. The van der Waals surface area contributed by atoms with Crippen molar-refractivity contribution in [3.63, 3.8) is 0 Å². The van der Waals surface area contributed by atoms with Crippen molar-refractivity contribution in [2.45, 2.75) is 18.9 Å². The maximum atomic E-state index is 13.9. The summed E-state index contributed by atoms with van der Waals surface area (Å²) in [4.78, 5) is 0. The number of hydrogen-bond donors (Lipinski definition) is 1. The molecule has 0 amide bonds. The quantitative estimate of drug-likeness (QED) is 0.928. The zero-order chi connectivity index (χ0) is 14.8. The van der Waals surface area contributed by atoms with Gasteiger partial charge in [-0.1, -0.05) is 35.9 Å². The Labute approximate surface area is 123 Å². The molecule has 4 heteroatoms. The van der Waals surface area contributed by atoms with E-state index in [0.29, 0.717) is 22.8 Å². The number of benzene rings is 2. The van der Waals surface area contributed by atoms with Gasteiger partial charge in [0.1, 0.15) is 11.6 Å². The minimum absolute atomic E-state index is 0.291. The Morgan fingerprint density at radius 2 is 1.90 bits per heavy atom. The maximum absolute atomic E-state index is 13.9. The zero-order valence-corrected chi connectivity index (χ0v) is 12.2. The van der Waals surface area contributed by atoms with Crippen molar-refractivity contribution in [2.24, 2.45) is 5.73 Å². The van der Waals surface area contributed by atoms with Crippen LogP contribution in [-0.4, -0.2) is 7.11 Å². The van der Waals surface area contributed by atoms with E-state index < -0.39 is 5.54 Å². The molecule has 0 fully saturated rings. The van der Waals surface area contributed by atoms with E-state index in [2.05, 4.69) is 0 Å². The van der Waals surface area contributed by atoms with E-state index in [9.17, 15) is 4.39 Å². The van der Waals surface area contributed by atoms with Crippen LogP contribution >= 0.6 is 11.6 Å². The van der Waals surface area contributed by atoms with E-state index in [0.717, 1.165) is 5.56 Å². The first-order chi connectivity index (χ1) is 9.45. The van der Waals surface area contributed by atoms with E-state index in [1.807, 2.05) is 31.2 Å². The molecule has 0 aliphatic carbocycles. The van der Waals surface area contributed by atoms with Crippen LogP contribution in [0.4, 0.5) is 4.39 Å². The first-order valence-corrected chi connectivity index (χ1v) is 6.69. The third-order valence-electron chi connectivity index (χ3n) is 3.33. The van der Waals surface area contributed by atoms with Gasteiger partial charge in [0, 0.05) is 21.7 Å². The second-order valence-corrected chi connectivity index (χ2v) is 5.40. The number of nitrogens with two attached hydrogens (primary N) is 1. The molecule has 20 heavy (non-hydrogen) atoms. The second kappa shape index (κ2) is 5.81. The fourth-order valence-electron chi connectivity index (χ4n) is 2.28. The summed E-state index contributed by atoms with van der Waals surface area (Å²) in [6.07, 6.45) is 0.291. The van der Waals surface area contributed by atoms with Crippen LogP contribution in [0.25, 0.3) is 0 Å². The van der Waals surface area contributed by atoms with Crippen molar-refractivity contribution in [1.82, 2.24) is 0 Å². The van der Waals surface area contributed by atoms with E-state index in [1.165, 1.54) is 6.07 Å². The Morgan fingerprint density at radius 3 is 2.55 bits per heavy atom. The minimum Gasteiger partial charge on any atom is -0.496 e. The molecule has 2 aromatic rings. The largest absolute Gasteiger partial charge is 0.496 e. The summed E-state index contributed by atoms with van der Waals surface area (Å²) in [5.41, 5.74) is 6.84. The molecule has 0 saturated carbocycles. The molecule has 2 rings (SSSR count). The van der Waals surface area contributed by atoms with Gasteiger partial charge in [-0.3, -0.25) is 0 Å². The van der Waals surface area contributed by atoms with Crippen LogP contribution in [0.2, 0.25) is 5.02 Å². The summed E-state index contributed by atoms with van der Waals surface area (Å²) < 4.78 is 19.2. The Hall–Kier alpha value is -1.58. The van der Waals surface area contributed by atoms with Crippen molar-refractivity contribution in [1.29, 1.82) is 0 Å². The van der Waals surface area contributed by atoms with Crippen molar-refractivity contribution in [3.05, 3.63) is 64.4 Å². The normalized spacial score (nSPS) is 13.8. The minimum atomic E-state index is -0.779. The summed E-state index contributed by atoms with van der Waals surface area (Å²) in [7, 11) is 1.59. The second-order valence-electron chi connectivity index (χ2n) is 4.99. The van der Waals surface area contributed by atoms with Gasteiger partial charge in [-0.05, 0) is 31.5 Å². The molecule has 2 aromatic carbocycles. The summed E-state index contributed by atoms with van der Waals surface area (Å²) in [5.74, 6) is 0.342. The number of halogens is 2. The number of methoxy groups -OCH3 is 1. The highest BCUT2D eigenvalue weighted by Gasteiger charge is 2.27. The fourth-order valence-corrected chi connectivity index (χ4v) is 2.51. The summed E-state index contributed by atoms with van der Waals surface area (Å²) in [6.45, 7) is 1.84. The van der Waals surface area contributed by atoms with Crippen LogP contribution in [0.1, 0.15) is 18.1 Å². The van der Waals surface area contributed by atoms with Gasteiger partial charge in [-0.15, -0.1) is 0 Å². The van der Waals surface area contributed by atoms with E-state index in [4.69, 9.17) is 22.1 Å². The molecular weight excluding hydrogens is 277 g/mol. The third-order valence-corrected chi connectivity index (χ3v) is 3.68. The molecule has 2 nitrogen and oxygen atoms in total. The molecule has 0 aromatic heterocycles. The molecule has 0 radical (unpaired) electrons. The summed E-state index contributed by atoms with van der Waals surface area (Å²) in [6, 6.07) is 12.1. The molecule has 1 unspecified atom stereocenters. The van der Waals surface area contributed by atoms with E-state index in [-0.39, 0.29) is 5.82 Å². The molecule has 0 saturated heterocycles. The average Bonchev–Trinajstić information content (AvgIpc) is 2.43. The number of ether oxygens (including phenoxy) is 1. The number of hydrogen-bond acceptors (Lipinski definition) is 2. The SMILES string of the molecule is COc1ccccc1C(C)(N)Cc1c(F)cccc1Cl. The van der Waals surface area contributed by atoms with Gasteiger partial charge in [-0.25, -0.2) is 4.39 Å². The zero-order valence-electron chi connectivity index (χ0n) is 11.5. The van der Waals surface area contributed by atoms with Crippen LogP contribution in [0.15, 0.2) is 42.5 Å². The van der Waals surface area contributed by atoms with Crippen LogP contribution in [0.5, 0.6) is 5.75 Å². The first-order valence-electron chi connectivity index (χ1n) is 6.31. The van der Waals surface area contributed by atoms with Gasteiger partial charge in [0.05, 0.1) is 7.11 Å². The maximum Gasteiger partial charge on any atom is 0.127 e. The van der Waals surface area contributed by atoms with Crippen molar-refractivity contribution < 1.29 is 9.13 Å². The highest BCUT2D eigenvalue weighted by molar-refractivity contribution is 6.31. The predicted molar refractivity (Wildman–Crippen MR) is 79.6 cm³/mol. The van der Waals surface area contributed by atoms with Crippen molar-refractivity contribution in [2.75, 3.05) is 7.11 Å². The van der Waals surface area contributed by atoms with Crippen LogP contribution in [0, 0.1) is 5.82 Å². The molecular formula is C16H17ClFNO. The molecule has 106 valence electrons. The van der Waals surface area contributed by atoms with Crippen molar-refractivity contribution in [3.8, 4) is 5.75 Å². The average molecular weight is 294 g/mol. The lowest BCUT2D eigenvalue weighted by Gasteiger charge is -2.27. The van der Waals surface area contributed by atoms with Gasteiger partial charge in [0.2, 0.25) is 0 Å². The van der Waals surface area contributed by atoms with E-state index >= 15 is 0 Å². The van der Waals surface area contributed by atoms with Gasteiger partial charge in [-0.2, -0.15) is 0 Å². The summed E-state index contributed by atoms with van der Waals surface area (Å²) in [5, 5.41) is 0.386. The molecule has 0 heterocycles. The van der Waals surface area contributed by atoms with Gasteiger partial charge >= 0.3 is 0 Å². The highest BCUT2D eigenvalue weighted by Crippen LogP contribution is 2.33. The Balaban J connectivity index is 2.41. The molecule has 2 N–H and O–H groups in total. The molecule has 0 bridgehead atoms. The molecule has 0 spiro atoms. The van der Waals surface area contributed by atoms with Crippen LogP contribution < -0.4 is 10.5 Å². The van der Waals surface area contributed by atoms with E-state index in [1.54, 1.807) is 19.2 Å². The third kappa shape index (κ3) is 2.94.